The highest BCUT2D eigenvalue weighted by Crippen LogP contribution is 2.31. The number of hydrogen-bond acceptors (Lipinski definition) is 4. The van der Waals surface area contributed by atoms with Crippen LogP contribution in [0, 0.1) is 15.9 Å². The van der Waals surface area contributed by atoms with Crippen LogP contribution in [0.25, 0.3) is 17.4 Å². The van der Waals surface area contributed by atoms with Crippen LogP contribution in [0.4, 0.5) is 15.8 Å². The number of nitro groups is 1. The number of hydrogen-bond donors (Lipinski definition) is 1. The molecule has 1 N–H and O–H groups in total. The van der Waals surface area contributed by atoms with Crippen LogP contribution in [0.15, 0.2) is 71.2 Å². The minimum atomic E-state index is -0.536. The molecule has 1 aromatic heterocycles. The van der Waals surface area contributed by atoms with E-state index in [1.165, 1.54) is 36.4 Å². The number of para-hydroxylation sites is 2. The van der Waals surface area contributed by atoms with Gasteiger partial charge in [-0.25, -0.2) is 4.39 Å². The first kappa shape index (κ1) is 17.1. The van der Waals surface area contributed by atoms with Crippen LogP contribution >= 0.6 is 0 Å². The van der Waals surface area contributed by atoms with E-state index in [-0.39, 0.29) is 11.4 Å². The molecule has 1 amide bonds. The molecule has 0 atom stereocenters. The molecule has 0 unspecified atom stereocenters. The molecule has 0 aliphatic rings. The Morgan fingerprint density at radius 2 is 1.81 bits per heavy atom. The second kappa shape index (κ2) is 7.43. The lowest BCUT2D eigenvalue weighted by Gasteiger charge is -2.02. The molecule has 1 heterocycles. The number of carbonyl (C=O) groups is 1. The van der Waals surface area contributed by atoms with E-state index in [9.17, 15) is 19.3 Å². The molecule has 0 radical (unpaired) electrons. The van der Waals surface area contributed by atoms with Crippen LogP contribution in [-0.4, -0.2) is 10.8 Å². The molecule has 3 aromatic rings. The molecule has 2 aromatic carbocycles. The van der Waals surface area contributed by atoms with E-state index in [1.807, 2.05) is 0 Å². The number of halogens is 1. The summed E-state index contributed by atoms with van der Waals surface area (Å²) in [4.78, 5) is 22.5. The number of carbonyl (C=O) groups excluding carboxylic acids is 1. The monoisotopic (exact) mass is 352 g/mol. The Labute approximate surface area is 147 Å². The van der Waals surface area contributed by atoms with Crippen molar-refractivity contribution in [2.45, 2.75) is 0 Å². The fourth-order valence-corrected chi connectivity index (χ4v) is 2.32. The summed E-state index contributed by atoms with van der Waals surface area (Å²) in [5.41, 5.74) is 0.338. The van der Waals surface area contributed by atoms with Gasteiger partial charge in [0.05, 0.1) is 16.2 Å². The molecule has 130 valence electrons. The Hall–Kier alpha value is -3.74. The van der Waals surface area contributed by atoms with E-state index >= 15 is 0 Å². The molecule has 0 aliphatic heterocycles. The summed E-state index contributed by atoms with van der Waals surface area (Å²) in [5, 5.41) is 13.5. The Balaban J connectivity index is 1.75. The zero-order valence-corrected chi connectivity index (χ0v) is 13.4. The minimum absolute atomic E-state index is 0.0715. The lowest BCUT2D eigenvalue weighted by molar-refractivity contribution is -0.384. The van der Waals surface area contributed by atoms with Crippen LogP contribution in [-0.2, 0) is 4.79 Å². The Kier molecular flexibility index (Phi) is 4.89. The summed E-state index contributed by atoms with van der Waals surface area (Å²) in [6.07, 6.45) is 2.59. The fraction of sp³-hybridized carbons (Fsp3) is 0. The van der Waals surface area contributed by atoms with Crippen molar-refractivity contribution in [3.8, 4) is 11.3 Å². The number of furan rings is 1. The lowest BCUT2D eigenvalue weighted by atomic mass is 10.1. The summed E-state index contributed by atoms with van der Waals surface area (Å²) in [5.74, 6) is -0.419. The zero-order valence-electron chi connectivity index (χ0n) is 13.4. The number of rotatable bonds is 5. The van der Waals surface area contributed by atoms with Gasteiger partial charge in [-0.3, -0.25) is 14.9 Å². The predicted octanol–water partition coefficient (Wildman–Crippen LogP) is 4.65. The van der Waals surface area contributed by atoms with Gasteiger partial charge >= 0.3 is 0 Å². The average molecular weight is 352 g/mol. The highest BCUT2D eigenvalue weighted by Gasteiger charge is 2.16. The van der Waals surface area contributed by atoms with Gasteiger partial charge in [-0.2, -0.15) is 0 Å². The molecule has 0 bridgehead atoms. The highest BCUT2D eigenvalue weighted by atomic mass is 19.1. The average Bonchev–Trinajstić information content (AvgIpc) is 3.11. The van der Waals surface area contributed by atoms with Crippen molar-refractivity contribution in [1.29, 1.82) is 0 Å². The standard InChI is InChI=1S/C19H13FN2O4/c20-15-6-2-3-7-16(15)21-19(23)12-10-13-9-11-18(26-13)14-5-1-4-8-17(14)22(24)25/h1-12H,(H,21,23)/b12-10+. The van der Waals surface area contributed by atoms with E-state index in [0.717, 1.165) is 0 Å². The van der Waals surface area contributed by atoms with Crippen LogP contribution < -0.4 is 5.32 Å². The molecule has 0 aliphatic carbocycles. The fourth-order valence-electron chi connectivity index (χ4n) is 2.32. The quantitative estimate of drug-likeness (QED) is 0.411. The van der Waals surface area contributed by atoms with Gasteiger partial charge in [0.1, 0.15) is 17.3 Å². The van der Waals surface area contributed by atoms with Gasteiger partial charge in [0, 0.05) is 12.1 Å². The zero-order chi connectivity index (χ0) is 18.5. The van der Waals surface area contributed by atoms with E-state index in [0.29, 0.717) is 17.1 Å². The number of amides is 1. The topological polar surface area (TPSA) is 85.4 Å². The summed E-state index contributed by atoms with van der Waals surface area (Å²) in [7, 11) is 0. The number of benzene rings is 2. The number of nitrogens with zero attached hydrogens (tertiary/aromatic N) is 1. The number of nitro benzene ring substituents is 1. The second-order valence-electron chi connectivity index (χ2n) is 5.28. The molecule has 0 saturated heterocycles. The number of anilines is 1. The van der Waals surface area contributed by atoms with Crippen molar-refractivity contribution >= 4 is 23.4 Å². The van der Waals surface area contributed by atoms with Crippen molar-refractivity contribution in [2.75, 3.05) is 5.32 Å². The largest absolute Gasteiger partial charge is 0.456 e. The maximum Gasteiger partial charge on any atom is 0.280 e. The SMILES string of the molecule is O=C(/C=C/c1ccc(-c2ccccc2[N+](=O)[O-])o1)Nc1ccccc1F. The van der Waals surface area contributed by atoms with E-state index in [2.05, 4.69) is 5.32 Å². The molecule has 26 heavy (non-hydrogen) atoms. The van der Waals surface area contributed by atoms with E-state index < -0.39 is 16.6 Å². The van der Waals surface area contributed by atoms with Crippen LogP contribution in [0.2, 0.25) is 0 Å². The van der Waals surface area contributed by atoms with Gasteiger partial charge in [-0.15, -0.1) is 0 Å². The smallest absolute Gasteiger partial charge is 0.280 e. The molecular formula is C19H13FN2O4. The Bertz CT molecular complexity index is 994. The van der Waals surface area contributed by atoms with Crippen molar-refractivity contribution in [1.82, 2.24) is 0 Å². The third kappa shape index (κ3) is 3.84. The van der Waals surface area contributed by atoms with Crippen molar-refractivity contribution in [3.05, 3.63) is 88.4 Å². The van der Waals surface area contributed by atoms with E-state index in [4.69, 9.17) is 4.42 Å². The molecular weight excluding hydrogens is 339 g/mol. The first-order valence-electron chi connectivity index (χ1n) is 7.62. The molecule has 6 nitrogen and oxygen atoms in total. The Morgan fingerprint density at radius 3 is 2.58 bits per heavy atom. The maximum atomic E-state index is 13.5. The van der Waals surface area contributed by atoms with Gasteiger partial charge in [0.25, 0.3) is 5.69 Å². The van der Waals surface area contributed by atoms with Gasteiger partial charge in [-0.1, -0.05) is 24.3 Å². The first-order valence-corrected chi connectivity index (χ1v) is 7.62. The van der Waals surface area contributed by atoms with Gasteiger partial charge in [-0.05, 0) is 36.4 Å². The summed E-state index contributed by atoms with van der Waals surface area (Å²) >= 11 is 0. The minimum Gasteiger partial charge on any atom is -0.456 e. The second-order valence-corrected chi connectivity index (χ2v) is 5.28. The van der Waals surface area contributed by atoms with Crippen LogP contribution in [0.5, 0.6) is 0 Å². The molecule has 7 heteroatoms. The summed E-state index contributed by atoms with van der Waals surface area (Å²) < 4.78 is 19.0. The van der Waals surface area contributed by atoms with Gasteiger partial charge in [0.15, 0.2) is 0 Å². The third-order valence-corrected chi connectivity index (χ3v) is 3.52. The maximum absolute atomic E-state index is 13.5. The van der Waals surface area contributed by atoms with Gasteiger partial charge < -0.3 is 9.73 Å². The first-order chi connectivity index (χ1) is 12.5. The predicted molar refractivity (Wildman–Crippen MR) is 94.9 cm³/mol. The van der Waals surface area contributed by atoms with Crippen molar-refractivity contribution in [2.24, 2.45) is 0 Å². The molecule has 0 spiro atoms. The molecule has 0 fully saturated rings. The Morgan fingerprint density at radius 1 is 1.08 bits per heavy atom. The third-order valence-electron chi connectivity index (χ3n) is 3.52. The lowest BCUT2D eigenvalue weighted by Crippen LogP contribution is -2.08. The normalized spacial score (nSPS) is 10.8. The van der Waals surface area contributed by atoms with Crippen LogP contribution in [0.1, 0.15) is 5.76 Å². The van der Waals surface area contributed by atoms with Gasteiger partial charge in [0.2, 0.25) is 5.91 Å². The molecule has 0 saturated carbocycles. The van der Waals surface area contributed by atoms with Crippen molar-refractivity contribution < 1.29 is 18.5 Å². The van der Waals surface area contributed by atoms with Crippen molar-refractivity contribution in [3.63, 3.8) is 0 Å². The summed E-state index contributed by atoms with van der Waals surface area (Å²) in [6.45, 7) is 0. The highest BCUT2D eigenvalue weighted by molar-refractivity contribution is 6.01. The number of nitrogens with one attached hydrogen (secondary N) is 1. The van der Waals surface area contributed by atoms with Crippen LogP contribution in [0.3, 0.4) is 0 Å². The van der Waals surface area contributed by atoms with E-state index in [1.54, 1.807) is 36.4 Å². The summed E-state index contributed by atoms with van der Waals surface area (Å²) in [6, 6.07) is 15.2. The molecule has 3 rings (SSSR count).